The summed E-state index contributed by atoms with van der Waals surface area (Å²) in [5, 5.41) is 0. The molecule has 4 heteroatoms. The second-order valence-corrected chi connectivity index (χ2v) is 5.72. The summed E-state index contributed by atoms with van der Waals surface area (Å²) in [6, 6.07) is 12.0. The van der Waals surface area contributed by atoms with E-state index in [1.165, 1.54) is 18.2 Å². The third kappa shape index (κ3) is 4.02. The molecule has 108 valence electrons. The maximum absolute atomic E-state index is 13.6. The Bertz CT molecular complexity index is 678. The van der Waals surface area contributed by atoms with Gasteiger partial charge in [0.25, 0.3) is 0 Å². The number of nitrogens with zero attached hydrogens (tertiary/aromatic N) is 1. The third-order valence-corrected chi connectivity index (χ3v) is 3.54. The van der Waals surface area contributed by atoms with Crippen molar-refractivity contribution >= 4 is 33.5 Å². The molecule has 0 aromatic heterocycles. The largest absolute Gasteiger partial charge is 0.378 e. The fraction of sp³-hybridized carbons (Fsp3) is 0.118. The van der Waals surface area contributed by atoms with Crippen LogP contribution >= 0.6 is 15.9 Å². The molecule has 0 bridgehead atoms. The molecule has 0 atom stereocenters. The average molecular weight is 348 g/mol. The van der Waals surface area contributed by atoms with Crippen LogP contribution in [0.2, 0.25) is 0 Å². The Balaban J connectivity index is 2.15. The SMILES string of the molecule is CN(C)c1ccc(C(=O)/C=C/c2ccc(Br)cc2F)cc1. The molecule has 2 aromatic carbocycles. The van der Waals surface area contributed by atoms with E-state index in [-0.39, 0.29) is 11.6 Å². The van der Waals surface area contributed by atoms with Crippen LogP contribution in [0.3, 0.4) is 0 Å². The number of carbonyl (C=O) groups excluding carboxylic acids is 1. The van der Waals surface area contributed by atoms with Gasteiger partial charge in [0.1, 0.15) is 5.82 Å². The molecule has 21 heavy (non-hydrogen) atoms. The number of hydrogen-bond acceptors (Lipinski definition) is 2. The molecule has 0 aliphatic heterocycles. The van der Waals surface area contributed by atoms with E-state index in [2.05, 4.69) is 15.9 Å². The van der Waals surface area contributed by atoms with Gasteiger partial charge < -0.3 is 4.90 Å². The molecule has 0 amide bonds. The topological polar surface area (TPSA) is 20.3 Å². The number of benzene rings is 2. The Morgan fingerprint density at radius 1 is 1.14 bits per heavy atom. The monoisotopic (exact) mass is 347 g/mol. The van der Waals surface area contributed by atoms with Gasteiger partial charge in [0.05, 0.1) is 0 Å². The molecule has 0 spiro atoms. The predicted molar refractivity (Wildman–Crippen MR) is 88.2 cm³/mol. The first kappa shape index (κ1) is 15.4. The number of allylic oxidation sites excluding steroid dienone is 1. The quantitative estimate of drug-likeness (QED) is 0.597. The van der Waals surface area contributed by atoms with Crippen LogP contribution in [0.5, 0.6) is 0 Å². The lowest BCUT2D eigenvalue weighted by atomic mass is 10.1. The minimum absolute atomic E-state index is 0.150. The smallest absolute Gasteiger partial charge is 0.185 e. The lowest BCUT2D eigenvalue weighted by Crippen LogP contribution is -2.08. The molecular formula is C17H15BrFNO. The Morgan fingerprint density at radius 2 is 1.81 bits per heavy atom. The molecule has 0 heterocycles. The Hall–Kier alpha value is -1.94. The Morgan fingerprint density at radius 3 is 2.38 bits per heavy atom. The Labute approximate surface area is 132 Å². The molecule has 0 saturated heterocycles. The zero-order valence-electron chi connectivity index (χ0n) is 11.8. The summed E-state index contributed by atoms with van der Waals surface area (Å²) in [6.07, 6.45) is 2.88. The number of rotatable bonds is 4. The Kier molecular flexibility index (Phi) is 4.91. The van der Waals surface area contributed by atoms with E-state index in [0.717, 1.165) is 5.69 Å². The van der Waals surface area contributed by atoms with E-state index in [9.17, 15) is 9.18 Å². The molecule has 0 radical (unpaired) electrons. The zero-order valence-corrected chi connectivity index (χ0v) is 13.4. The molecule has 0 aliphatic carbocycles. The number of halogens is 2. The summed E-state index contributed by atoms with van der Waals surface area (Å²) in [4.78, 5) is 14.0. The highest BCUT2D eigenvalue weighted by Gasteiger charge is 2.04. The van der Waals surface area contributed by atoms with Crippen molar-refractivity contribution in [2.24, 2.45) is 0 Å². The standard InChI is InChI=1S/C17H15BrFNO/c1-20(2)15-8-4-13(5-9-15)17(21)10-6-12-3-7-14(18)11-16(12)19/h3-11H,1-2H3/b10-6+. The lowest BCUT2D eigenvalue weighted by molar-refractivity contribution is 0.104. The number of ketones is 1. The molecule has 0 saturated carbocycles. The second kappa shape index (κ2) is 6.68. The summed E-state index contributed by atoms with van der Waals surface area (Å²) in [5.41, 5.74) is 1.99. The van der Waals surface area contributed by atoms with E-state index in [1.807, 2.05) is 31.1 Å². The van der Waals surface area contributed by atoms with Gasteiger partial charge in [0, 0.05) is 35.4 Å². The van der Waals surface area contributed by atoms with Gasteiger partial charge >= 0.3 is 0 Å². The van der Waals surface area contributed by atoms with Gasteiger partial charge in [-0.15, -0.1) is 0 Å². The number of anilines is 1. The number of hydrogen-bond donors (Lipinski definition) is 0. The summed E-state index contributed by atoms with van der Waals surface area (Å²) in [5.74, 6) is -0.515. The van der Waals surface area contributed by atoms with Gasteiger partial charge in [-0.25, -0.2) is 4.39 Å². The molecule has 2 aromatic rings. The van der Waals surface area contributed by atoms with E-state index in [4.69, 9.17) is 0 Å². The molecule has 0 fully saturated rings. The zero-order chi connectivity index (χ0) is 15.4. The van der Waals surface area contributed by atoms with E-state index in [0.29, 0.717) is 15.6 Å². The molecule has 0 N–H and O–H groups in total. The van der Waals surface area contributed by atoms with Gasteiger partial charge in [-0.2, -0.15) is 0 Å². The minimum atomic E-state index is -0.364. The fourth-order valence-corrected chi connectivity index (χ4v) is 2.16. The lowest BCUT2D eigenvalue weighted by Gasteiger charge is -2.11. The number of carbonyl (C=O) groups is 1. The van der Waals surface area contributed by atoms with Crippen molar-refractivity contribution in [3.8, 4) is 0 Å². The van der Waals surface area contributed by atoms with Crippen LogP contribution in [-0.4, -0.2) is 19.9 Å². The molecule has 0 unspecified atom stereocenters. The maximum atomic E-state index is 13.6. The summed E-state index contributed by atoms with van der Waals surface area (Å²) in [7, 11) is 3.88. The fourth-order valence-electron chi connectivity index (χ4n) is 1.82. The first-order valence-corrected chi connectivity index (χ1v) is 7.21. The van der Waals surface area contributed by atoms with Crippen molar-refractivity contribution in [2.75, 3.05) is 19.0 Å². The van der Waals surface area contributed by atoms with Gasteiger partial charge in [0.2, 0.25) is 0 Å². The van der Waals surface area contributed by atoms with Crippen LogP contribution in [0, 0.1) is 5.82 Å². The van der Waals surface area contributed by atoms with Gasteiger partial charge in [-0.1, -0.05) is 22.0 Å². The van der Waals surface area contributed by atoms with Crippen molar-refractivity contribution in [1.82, 2.24) is 0 Å². The van der Waals surface area contributed by atoms with Crippen LogP contribution in [-0.2, 0) is 0 Å². The van der Waals surface area contributed by atoms with Gasteiger partial charge in [0.15, 0.2) is 5.78 Å². The highest BCUT2D eigenvalue weighted by molar-refractivity contribution is 9.10. The summed E-state index contributed by atoms with van der Waals surface area (Å²) in [6.45, 7) is 0. The molecule has 2 rings (SSSR count). The van der Waals surface area contributed by atoms with Crippen molar-refractivity contribution in [3.05, 3.63) is 70.0 Å². The maximum Gasteiger partial charge on any atom is 0.185 e. The van der Waals surface area contributed by atoms with Crippen molar-refractivity contribution in [3.63, 3.8) is 0 Å². The predicted octanol–water partition coefficient (Wildman–Crippen LogP) is 4.55. The van der Waals surface area contributed by atoms with Crippen LogP contribution in [0.4, 0.5) is 10.1 Å². The van der Waals surface area contributed by atoms with Crippen molar-refractivity contribution in [2.45, 2.75) is 0 Å². The first-order chi connectivity index (χ1) is 9.97. The van der Waals surface area contributed by atoms with Crippen LogP contribution in [0.15, 0.2) is 53.0 Å². The normalized spacial score (nSPS) is 10.9. The highest BCUT2D eigenvalue weighted by atomic mass is 79.9. The van der Waals surface area contributed by atoms with Gasteiger partial charge in [-0.3, -0.25) is 4.79 Å². The third-order valence-electron chi connectivity index (χ3n) is 3.04. The van der Waals surface area contributed by atoms with E-state index < -0.39 is 0 Å². The van der Waals surface area contributed by atoms with E-state index in [1.54, 1.807) is 24.3 Å². The van der Waals surface area contributed by atoms with Crippen molar-refractivity contribution in [1.29, 1.82) is 0 Å². The molecular weight excluding hydrogens is 333 g/mol. The average Bonchev–Trinajstić information content (AvgIpc) is 2.46. The summed E-state index contributed by atoms with van der Waals surface area (Å²) < 4.78 is 14.3. The highest BCUT2D eigenvalue weighted by Crippen LogP contribution is 2.17. The molecule has 2 nitrogen and oxygen atoms in total. The van der Waals surface area contributed by atoms with Crippen LogP contribution in [0.25, 0.3) is 6.08 Å². The molecule has 0 aliphatic rings. The summed E-state index contributed by atoms with van der Waals surface area (Å²) >= 11 is 3.20. The van der Waals surface area contributed by atoms with E-state index >= 15 is 0 Å². The first-order valence-electron chi connectivity index (χ1n) is 6.42. The van der Waals surface area contributed by atoms with Gasteiger partial charge in [-0.05, 0) is 48.6 Å². The van der Waals surface area contributed by atoms with Crippen LogP contribution < -0.4 is 4.90 Å². The van der Waals surface area contributed by atoms with Crippen molar-refractivity contribution < 1.29 is 9.18 Å². The minimum Gasteiger partial charge on any atom is -0.378 e. The van der Waals surface area contributed by atoms with Crippen LogP contribution in [0.1, 0.15) is 15.9 Å². The second-order valence-electron chi connectivity index (χ2n) is 4.80.